The molecule has 7 heteroatoms. The van der Waals surface area contributed by atoms with Crippen LogP contribution in [0.25, 0.3) is 0 Å². The first-order valence-electron chi connectivity index (χ1n) is 5.39. The second-order valence-electron chi connectivity index (χ2n) is 3.95. The molecule has 1 unspecified atom stereocenters. The van der Waals surface area contributed by atoms with E-state index in [-0.39, 0.29) is 13.1 Å². The van der Waals surface area contributed by atoms with Crippen molar-refractivity contribution in [2.45, 2.75) is 6.10 Å². The van der Waals surface area contributed by atoms with Crippen molar-refractivity contribution < 1.29 is 9.90 Å². The number of carbonyl (C=O) groups excluding carboxylic acids is 1. The van der Waals surface area contributed by atoms with Crippen LogP contribution in [0, 0.1) is 22.7 Å². The maximum Gasteiger partial charge on any atom is 0.257 e. The van der Waals surface area contributed by atoms with E-state index in [1.165, 1.54) is 0 Å². The number of nitrogens with one attached hydrogen (secondary N) is 1. The van der Waals surface area contributed by atoms with Crippen LogP contribution in [0.4, 0.5) is 11.4 Å². The van der Waals surface area contributed by atoms with E-state index >= 15 is 0 Å². The first-order valence-corrected chi connectivity index (χ1v) is 6.19. The molecule has 1 aliphatic heterocycles. The van der Waals surface area contributed by atoms with Gasteiger partial charge >= 0.3 is 0 Å². The molecule has 0 spiro atoms. The van der Waals surface area contributed by atoms with Gasteiger partial charge in [-0.15, -0.1) is 0 Å². The minimum Gasteiger partial charge on any atom is -0.378 e. The molecule has 0 saturated carbocycles. The lowest BCUT2D eigenvalue weighted by Crippen LogP contribution is -2.24. The van der Waals surface area contributed by atoms with Crippen LogP contribution >= 0.6 is 15.9 Å². The van der Waals surface area contributed by atoms with E-state index in [0.29, 0.717) is 21.4 Å². The van der Waals surface area contributed by atoms with Gasteiger partial charge in [0.1, 0.15) is 13.1 Å². The molecule has 19 heavy (non-hydrogen) atoms. The molecule has 6 nitrogen and oxygen atoms in total. The Labute approximate surface area is 118 Å². The highest BCUT2D eigenvalue weighted by molar-refractivity contribution is 9.10. The van der Waals surface area contributed by atoms with Crippen molar-refractivity contribution in [2.24, 2.45) is 0 Å². The number of nitriles is 2. The summed E-state index contributed by atoms with van der Waals surface area (Å²) in [5, 5.41) is 29.7. The standard InChI is InChI=1S/C12H9BrN4O2/c13-8-5-7-9(16-12(19)11(7)18)6-10(8)17(3-1-14)4-2-15/h5-6,11,18H,3-4H2,(H,16,19). The molecule has 2 rings (SSSR count). The van der Waals surface area contributed by atoms with E-state index in [1.54, 1.807) is 17.0 Å². The average Bonchev–Trinajstić information content (AvgIpc) is 2.64. The fourth-order valence-corrected chi connectivity index (χ4v) is 2.51. The summed E-state index contributed by atoms with van der Waals surface area (Å²) in [6.07, 6.45) is -1.18. The largest absolute Gasteiger partial charge is 0.378 e. The van der Waals surface area contributed by atoms with E-state index in [4.69, 9.17) is 10.5 Å². The van der Waals surface area contributed by atoms with Crippen molar-refractivity contribution in [3.05, 3.63) is 22.2 Å². The van der Waals surface area contributed by atoms with Crippen molar-refractivity contribution in [1.29, 1.82) is 10.5 Å². The van der Waals surface area contributed by atoms with Gasteiger partial charge in [0, 0.05) is 15.7 Å². The summed E-state index contributed by atoms with van der Waals surface area (Å²) in [7, 11) is 0. The van der Waals surface area contributed by atoms with Crippen LogP contribution in [0.3, 0.4) is 0 Å². The fourth-order valence-electron chi connectivity index (χ4n) is 1.89. The highest BCUT2D eigenvalue weighted by Gasteiger charge is 2.30. The Morgan fingerprint density at radius 3 is 2.58 bits per heavy atom. The van der Waals surface area contributed by atoms with Crippen molar-refractivity contribution in [2.75, 3.05) is 23.3 Å². The lowest BCUT2D eigenvalue weighted by Gasteiger charge is -2.20. The molecule has 1 aromatic rings. The zero-order chi connectivity index (χ0) is 14.0. The topological polar surface area (TPSA) is 100 Å². The van der Waals surface area contributed by atoms with E-state index in [2.05, 4.69) is 21.2 Å². The second kappa shape index (κ2) is 5.27. The zero-order valence-corrected chi connectivity index (χ0v) is 11.3. The number of fused-ring (bicyclic) bond motifs is 1. The van der Waals surface area contributed by atoms with Crippen LogP contribution in [0.15, 0.2) is 16.6 Å². The Kier molecular flexibility index (Phi) is 3.70. The molecule has 1 amide bonds. The third kappa shape index (κ3) is 2.39. The number of aliphatic hydroxyl groups excluding tert-OH is 1. The lowest BCUT2D eigenvalue weighted by atomic mass is 10.1. The van der Waals surface area contributed by atoms with Gasteiger partial charge in [-0.2, -0.15) is 10.5 Å². The molecule has 2 N–H and O–H groups in total. The summed E-state index contributed by atoms with van der Waals surface area (Å²) in [5.41, 5.74) is 1.60. The number of halogens is 1. The lowest BCUT2D eigenvalue weighted by molar-refractivity contribution is -0.123. The van der Waals surface area contributed by atoms with Crippen LogP contribution < -0.4 is 10.2 Å². The molecule has 0 fully saturated rings. The van der Waals surface area contributed by atoms with Gasteiger partial charge in [0.25, 0.3) is 5.91 Å². The average molecular weight is 321 g/mol. The Morgan fingerprint density at radius 1 is 1.37 bits per heavy atom. The van der Waals surface area contributed by atoms with Crippen molar-refractivity contribution in [3.63, 3.8) is 0 Å². The van der Waals surface area contributed by atoms with E-state index in [1.807, 2.05) is 12.1 Å². The molecule has 0 aliphatic carbocycles. The Balaban J connectivity index is 2.44. The summed E-state index contributed by atoms with van der Waals surface area (Å²) in [4.78, 5) is 13.0. The molecule has 96 valence electrons. The van der Waals surface area contributed by atoms with E-state index < -0.39 is 12.0 Å². The van der Waals surface area contributed by atoms with Crippen molar-refractivity contribution >= 4 is 33.2 Å². The highest BCUT2D eigenvalue weighted by atomic mass is 79.9. The number of hydrogen-bond donors (Lipinski definition) is 2. The zero-order valence-electron chi connectivity index (χ0n) is 9.72. The number of nitrogens with zero attached hydrogens (tertiary/aromatic N) is 3. The maximum atomic E-state index is 11.4. The van der Waals surface area contributed by atoms with Crippen LogP contribution in [0.2, 0.25) is 0 Å². The van der Waals surface area contributed by atoms with Gasteiger partial charge in [-0.05, 0) is 28.1 Å². The molecule has 1 aliphatic rings. The molecule has 0 saturated heterocycles. The molecule has 0 aromatic heterocycles. The summed E-state index contributed by atoms with van der Waals surface area (Å²) in [6, 6.07) is 7.22. The van der Waals surface area contributed by atoms with Gasteiger partial charge in [0.2, 0.25) is 0 Å². The van der Waals surface area contributed by atoms with Crippen molar-refractivity contribution in [3.8, 4) is 12.1 Å². The van der Waals surface area contributed by atoms with Gasteiger partial charge in [0.05, 0.1) is 17.8 Å². The predicted molar refractivity (Wildman–Crippen MR) is 71.2 cm³/mol. The Morgan fingerprint density at radius 2 is 2.00 bits per heavy atom. The van der Waals surface area contributed by atoms with Crippen LogP contribution in [-0.2, 0) is 4.79 Å². The molecular formula is C12H9BrN4O2. The third-order valence-electron chi connectivity index (χ3n) is 2.78. The predicted octanol–water partition coefficient (Wildman–Crippen LogP) is 1.29. The van der Waals surface area contributed by atoms with E-state index in [0.717, 1.165) is 0 Å². The van der Waals surface area contributed by atoms with Gasteiger partial charge in [-0.25, -0.2) is 0 Å². The van der Waals surface area contributed by atoms with Crippen LogP contribution in [0.5, 0.6) is 0 Å². The number of aliphatic hydroxyl groups is 1. The quantitative estimate of drug-likeness (QED) is 0.817. The summed E-state index contributed by atoms with van der Waals surface area (Å²) >= 11 is 3.33. The maximum absolute atomic E-state index is 11.4. The molecular weight excluding hydrogens is 312 g/mol. The monoisotopic (exact) mass is 320 g/mol. The molecule has 1 atom stereocenters. The second-order valence-corrected chi connectivity index (χ2v) is 4.81. The highest BCUT2D eigenvalue weighted by Crippen LogP contribution is 2.38. The van der Waals surface area contributed by atoms with Crippen LogP contribution in [0.1, 0.15) is 11.7 Å². The summed E-state index contributed by atoms with van der Waals surface area (Å²) in [6.45, 7) is 0.114. The number of carbonyl (C=O) groups is 1. The number of rotatable bonds is 3. The van der Waals surface area contributed by atoms with Gasteiger partial charge in [-0.3, -0.25) is 4.79 Å². The first kappa shape index (κ1) is 13.3. The van der Waals surface area contributed by atoms with E-state index in [9.17, 15) is 9.90 Å². The summed E-state index contributed by atoms with van der Waals surface area (Å²) < 4.78 is 0.618. The van der Waals surface area contributed by atoms with Crippen molar-refractivity contribution in [1.82, 2.24) is 0 Å². The minimum atomic E-state index is -1.18. The number of benzene rings is 1. The van der Waals surface area contributed by atoms with Gasteiger partial charge in [-0.1, -0.05) is 0 Å². The minimum absolute atomic E-state index is 0.0570. The number of anilines is 2. The Hall–Kier alpha value is -2.09. The molecule has 1 heterocycles. The molecule has 0 bridgehead atoms. The smallest absolute Gasteiger partial charge is 0.257 e. The molecule has 1 aromatic carbocycles. The SMILES string of the molecule is N#CCN(CC#N)c1cc2c(cc1Br)C(O)C(=O)N2. The number of hydrogen-bond acceptors (Lipinski definition) is 5. The summed E-state index contributed by atoms with van der Waals surface area (Å²) in [5.74, 6) is -0.480. The van der Waals surface area contributed by atoms with Crippen LogP contribution in [-0.4, -0.2) is 24.1 Å². The Bertz CT molecular complexity index is 601. The molecule has 0 radical (unpaired) electrons. The fraction of sp³-hybridized carbons (Fsp3) is 0.250. The third-order valence-corrected chi connectivity index (χ3v) is 3.42. The van der Waals surface area contributed by atoms with Gasteiger partial charge in [0.15, 0.2) is 6.10 Å². The normalized spacial score (nSPS) is 16.2. The van der Waals surface area contributed by atoms with Gasteiger partial charge < -0.3 is 15.3 Å². The first-order chi connectivity index (χ1) is 9.08. The number of amides is 1.